The van der Waals surface area contributed by atoms with Gasteiger partial charge in [0.2, 0.25) is 0 Å². The summed E-state index contributed by atoms with van der Waals surface area (Å²) in [5, 5.41) is 0. The van der Waals surface area contributed by atoms with Gasteiger partial charge in [0.1, 0.15) is 0 Å². The molecule has 49 heavy (non-hydrogen) atoms. The van der Waals surface area contributed by atoms with Gasteiger partial charge in [-0.3, -0.25) is 0 Å². The van der Waals surface area contributed by atoms with Gasteiger partial charge in [0.05, 0.1) is 0 Å². The van der Waals surface area contributed by atoms with Gasteiger partial charge in [0.15, 0.2) is 0 Å². The lowest BCUT2D eigenvalue weighted by molar-refractivity contribution is 0.299. The third-order valence-electron chi connectivity index (χ3n) is 11.0. The van der Waals surface area contributed by atoms with Crippen LogP contribution in [0.5, 0.6) is 0 Å². The summed E-state index contributed by atoms with van der Waals surface area (Å²) < 4.78 is 0. The van der Waals surface area contributed by atoms with Gasteiger partial charge in [-0.05, 0) is 109 Å². The van der Waals surface area contributed by atoms with Crippen LogP contribution in [-0.2, 0) is 10.8 Å². The molecule has 0 aliphatic heterocycles. The molecule has 1 aliphatic carbocycles. The van der Waals surface area contributed by atoms with E-state index in [1.54, 1.807) is 0 Å². The number of rotatable bonds is 6. The molecule has 0 saturated carbocycles. The Bertz CT molecular complexity index is 2160. The SMILES string of the molecule is CC1(C)c2ccccc2-c2ccc(-c3cccc(N(c4ccc(-c5ccccc5)cc4)c4ccc(-c5ccccc5)cc4)c3)cc2C1(C)C. The summed E-state index contributed by atoms with van der Waals surface area (Å²) in [5.41, 5.74) is 16.1. The second kappa shape index (κ2) is 12.1. The van der Waals surface area contributed by atoms with Crippen molar-refractivity contribution in [3.8, 4) is 44.5 Å². The normalized spacial score (nSPS) is 14.0. The molecule has 7 aromatic carbocycles. The smallest absolute Gasteiger partial charge is 0.0467 e. The lowest BCUT2D eigenvalue weighted by Crippen LogP contribution is -2.43. The number of nitrogens with zero attached hydrogens (tertiary/aromatic N) is 1. The quantitative estimate of drug-likeness (QED) is 0.176. The van der Waals surface area contributed by atoms with Crippen LogP contribution in [0.1, 0.15) is 38.8 Å². The molecule has 0 spiro atoms. The first-order chi connectivity index (χ1) is 23.8. The van der Waals surface area contributed by atoms with Crippen LogP contribution >= 0.6 is 0 Å². The Hall–Kier alpha value is -5.66. The summed E-state index contributed by atoms with van der Waals surface area (Å²) in [5.74, 6) is 0. The zero-order chi connectivity index (χ0) is 33.6. The van der Waals surface area contributed by atoms with E-state index >= 15 is 0 Å². The Morgan fingerprint density at radius 2 is 0.735 bits per heavy atom. The van der Waals surface area contributed by atoms with Gasteiger partial charge in [-0.25, -0.2) is 0 Å². The number of fused-ring (bicyclic) bond motifs is 3. The molecular weight excluding hydrogens is 591 g/mol. The van der Waals surface area contributed by atoms with E-state index < -0.39 is 0 Å². The van der Waals surface area contributed by atoms with Gasteiger partial charge >= 0.3 is 0 Å². The largest absolute Gasteiger partial charge is 0.310 e. The van der Waals surface area contributed by atoms with Crippen LogP contribution < -0.4 is 4.90 Å². The van der Waals surface area contributed by atoms with Crippen LogP contribution in [0.3, 0.4) is 0 Å². The van der Waals surface area contributed by atoms with Gasteiger partial charge in [0, 0.05) is 17.1 Å². The summed E-state index contributed by atoms with van der Waals surface area (Å²) in [6.45, 7) is 9.60. The van der Waals surface area contributed by atoms with Gasteiger partial charge in [-0.2, -0.15) is 0 Å². The molecule has 8 rings (SSSR count). The van der Waals surface area contributed by atoms with E-state index in [0.29, 0.717) is 0 Å². The molecule has 0 radical (unpaired) electrons. The Balaban J connectivity index is 1.22. The molecule has 0 N–H and O–H groups in total. The Morgan fingerprint density at radius 3 is 1.33 bits per heavy atom. The molecule has 1 nitrogen and oxygen atoms in total. The van der Waals surface area contributed by atoms with E-state index in [1.165, 1.54) is 55.6 Å². The molecule has 0 saturated heterocycles. The highest BCUT2D eigenvalue weighted by molar-refractivity contribution is 5.84. The van der Waals surface area contributed by atoms with Crippen LogP contribution in [0.25, 0.3) is 44.5 Å². The zero-order valence-corrected chi connectivity index (χ0v) is 28.7. The molecule has 0 aromatic heterocycles. The first kappa shape index (κ1) is 30.7. The molecular formula is C48H41N. The van der Waals surface area contributed by atoms with Crippen molar-refractivity contribution < 1.29 is 0 Å². The second-order valence-electron chi connectivity index (χ2n) is 14.3. The van der Waals surface area contributed by atoms with Gasteiger partial charge < -0.3 is 4.90 Å². The molecule has 0 amide bonds. The highest BCUT2D eigenvalue weighted by Crippen LogP contribution is 2.54. The topological polar surface area (TPSA) is 3.24 Å². The van der Waals surface area contributed by atoms with E-state index in [4.69, 9.17) is 0 Å². The molecule has 1 heteroatoms. The highest BCUT2D eigenvalue weighted by Gasteiger charge is 2.45. The lowest BCUT2D eigenvalue weighted by Gasteiger charge is -2.48. The molecule has 7 aromatic rings. The molecule has 0 unspecified atom stereocenters. The van der Waals surface area contributed by atoms with Crippen LogP contribution in [0.15, 0.2) is 176 Å². The summed E-state index contributed by atoms with van der Waals surface area (Å²) in [6, 6.07) is 64.1. The minimum atomic E-state index is -0.0443. The van der Waals surface area contributed by atoms with E-state index in [0.717, 1.165) is 17.1 Å². The van der Waals surface area contributed by atoms with Crippen molar-refractivity contribution in [3.63, 3.8) is 0 Å². The maximum Gasteiger partial charge on any atom is 0.0467 e. The third-order valence-corrected chi connectivity index (χ3v) is 11.0. The molecule has 1 aliphatic rings. The third kappa shape index (κ3) is 5.36. The fourth-order valence-corrected chi connectivity index (χ4v) is 7.55. The Kier molecular flexibility index (Phi) is 7.57. The van der Waals surface area contributed by atoms with E-state index in [2.05, 4.69) is 209 Å². The van der Waals surface area contributed by atoms with Crippen LogP contribution in [0.4, 0.5) is 17.1 Å². The lowest BCUT2D eigenvalue weighted by atomic mass is 9.55. The van der Waals surface area contributed by atoms with Gasteiger partial charge in [-0.15, -0.1) is 0 Å². The predicted octanol–water partition coefficient (Wildman–Crippen LogP) is 13.4. The molecule has 0 fully saturated rings. The molecule has 238 valence electrons. The number of hydrogen-bond acceptors (Lipinski definition) is 1. The van der Waals surface area contributed by atoms with Crippen molar-refractivity contribution in [2.45, 2.75) is 38.5 Å². The number of anilines is 3. The van der Waals surface area contributed by atoms with E-state index in [1.807, 2.05) is 0 Å². The van der Waals surface area contributed by atoms with Crippen LogP contribution in [0, 0.1) is 0 Å². The highest BCUT2D eigenvalue weighted by atomic mass is 15.1. The predicted molar refractivity (Wildman–Crippen MR) is 209 cm³/mol. The van der Waals surface area contributed by atoms with Crippen LogP contribution in [-0.4, -0.2) is 0 Å². The minimum Gasteiger partial charge on any atom is -0.310 e. The van der Waals surface area contributed by atoms with Gasteiger partial charge in [-0.1, -0.05) is 161 Å². The molecule has 0 heterocycles. The minimum absolute atomic E-state index is 0.00825. The average Bonchev–Trinajstić information content (AvgIpc) is 3.15. The second-order valence-corrected chi connectivity index (χ2v) is 14.3. The van der Waals surface area contributed by atoms with E-state index in [-0.39, 0.29) is 10.8 Å². The standard InChI is InChI=1S/C48H41N/c1-47(2)45-21-12-11-20-43(45)44-31-26-39(33-46(44)48(47,3)4)38-18-13-19-42(32-38)49(40-27-22-36(23-28-40)34-14-7-5-8-15-34)41-29-24-37(25-30-41)35-16-9-6-10-17-35/h5-33H,1-4H3. The van der Waals surface area contributed by atoms with Gasteiger partial charge in [0.25, 0.3) is 0 Å². The van der Waals surface area contributed by atoms with Crippen molar-refractivity contribution in [2.24, 2.45) is 0 Å². The maximum atomic E-state index is 2.44. The molecule has 0 atom stereocenters. The van der Waals surface area contributed by atoms with Crippen molar-refractivity contribution in [3.05, 3.63) is 187 Å². The van der Waals surface area contributed by atoms with Crippen molar-refractivity contribution >= 4 is 17.1 Å². The Morgan fingerprint density at radius 1 is 0.306 bits per heavy atom. The summed E-state index contributed by atoms with van der Waals surface area (Å²) in [6.07, 6.45) is 0. The monoisotopic (exact) mass is 631 g/mol. The summed E-state index contributed by atoms with van der Waals surface area (Å²) in [4.78, 5) is 2.37. The fraction of sp³-hybridized carbons (Fsp3) is 0.125. The molecule has 0 bridgehead atoms. The first-order valence-electron chi connectivity index (χ1n) is 17.3. The van der Waals surface area contributed by atoms with Crippen molar-refractivity contribution in [1.29, 1.82) is 0 Å². The average molecular weight is 632 g/mol. The Labute approximate surface area is 291 Å². The number of benzene rings is 7. The fourth-order valence-electron chi connectivity index (χ4n) is 7.55. The summed E-state index contributed by atoms with van der Waals surface area (Å²) in [7, 11) is 0. The van der Waals surface area contributed by atoms with Crippen LogP contribution in [0.2, 0.25) is 0 Å². The van der Waals surface area contributed by atoms with Crippen molar-refractivity contribution in [2.75, 3.05) is 4.90 Å². The first-order valence-corrected chi connectivity index (χ1v) is 17.3. The number of hydrogen-bond donors (Lipinski definition) is 0. The van der Waals surface area contributed by atoms with E-state index in [9.17, 15) is 0 Å². The summed E-state index contributed by atoms with van der Waals surface area (Å²) >= 11 is 0. The van der Waals surface area contributed by atoms with Crippen molar-refractivity contribution in [1.82, 2.24) is 0 Å². The zero-order valence-electron chi connectivity index (χ0n) is 28.7. The maximum absolute atomic E-state index is 2.44.